The molecule has 1 atom stereocenters. The minimum atomic E-state index is -0.468. The molecule has 2 N–H and O–H groups in total. The summed E-state index contributed by atoms with van der Waals surface area (Å²) in [5, 5.41) is 15.1. The van der Waals surface area contributed by atoms with Crippen LogP contribution in [0.2, 0.25) is 15.1 Å². The molecule has 0 radical (unpaired) electrons. The van der Waals surface area contributed by atoms with Crippen molar-refractivity contribution in [2.24, 2.45) is 0 Å². The number of aromatic nitrogens is 1. The number of ether oxygens (including phenoxy) is 3. The highest BCUT2D eigenvalue weighted by Crippen LogP contribution is 2.36. The first-order valence-corrected chi connectivity index (χ1v) is 16.3. The molecule has 45 heavy (non-hydrogen) atoms. The molecular weight excluding hydrogens is 637 g/mol. The zero-order valence-electron chi connectivity index (χ0n) is 25.2. The van der Waals surface area contributed by atoms with Crippen molar-refractivity contribution in [1.29, 1.82) is 0 Å². The van der Waals surface area contributed by atoms with Gasteiger partial charge in [0.15, 0.2) is 5.75 Å². The highest BCUT2D eigenvalue weighted by molar-refractivity contribution is 6.37. The van der Waals surface area contributed by atoms with Gasteiger partial charge < -0.3 is 29.5 Å². The number of nitrogens with zero attached hydrogens (tertiary/aromatic N) is 2. The van der Waals surface area contributed by atoms with Crippen LogP contribution in [-0.4, -0.2) is 73.1 Å². The highest BCUT2D eigenvalue weighted by Gasteiger charge is 2.38. The van der Waals surface area contributed by atoms with E-state index < -0.39 is 6.04 Å². The molecule has 1 saturated carbocycles. The van der Waals surface area contributed by atoms with Crippen molar-refractivity contribution in [3.8, 4) is 11.5 Å². The molecular formula is C34H38Cl3N3O5. The number of hydrogen-bond acceptors (Lipinski definition) is 7. The van der Waals surface area contributed by atoms with Gasteiger partial charge in [0.05, 0.1) is 27.7 Å². The van der Waals surface area contributed by atoms with Gasteiger partial charge in [0.2, 0.25) is 0 Å². The van der Waals surface area contributed by atoms with E-state index in [9.17, 15) is 9.90 Å². The van der Waals surface area contributed by atoms with Gasteiger partial charge in [0, 0.05) is 43.8 Å². The Morgan fingerprint density at radius 1 is 1.02 bits per heavy atom. The maximum atomic E-state index is 14.3. The normalized spacial score (nSPS) is 16.5. The number of para-hydroxylation sites is 1. The predicted octanol–water partition coefficient (Wildman–Crippen LogP) is 6.38. The molecule has 2 aromatic carbocycles. The van der Waals surface area contributed by atoms with E-state index in [-0.39, 0.29) is 25.2 Å². The maximum absolute atomic E-state index is 14.3. The van der Waals surface area contributed by atoms with Gasteiger partial charge in [-0.2, -0.15) is 0 Å². The van der Waals surface area contributed by atoms with Crippen LogP contribution in [-0.2, 0) is 22.5 Å². The standard InChI is InChI=1S/C34H38Cl3N3O5/c1-43-15-3-4-24-18-23(30(37)19-39-24)20-40(25-9-10-25)34(42)32-27(13-14-38-31(32)21-41)22-7-11-26(12-8-22)44-16-17-45-33-28(35)5-2-6-29(33)36/h2,5-8,11-12,18-19,25,31,38,41H,3-4,9-10,13-17,20-21H2,1H3. The number of methoxy groups -OCH3 is 1. The van der Waals surface area contributed by atoms with Crippen LogP contribution in [0.1, 0.15) is 42.5 Å². The fourth-order valence-corrected chi connectivity index (χ4v) is 6.17. The number of nitrogens with one attached hydrogen (secondary N) is 1. The molecule has 11 heteroatoms. The zero-order valence-corrected chi connectivity index (χ0v) is 27.5. The number of pyridine rings is 1. The highest BCUT2D eigenvalue weighted by atomic mass is 35.5. The molecule has 0 saturated heterocycles. The summed E-state index contributed by atoms with van der Waals surface area (Å²) >= 11 is 18.9. The van der Waals surface area contributed by atoms with Crippen molar-refractivity contribution in [2.45, 2.75) is 50.7 Å². The van der Waals surface area contributed by atoms with E-state index in [2.05, 4.69) is 10.3 Å². The van der Waals surface area contributed by atoms with Gasteiger partial charge >= 0.3 is 0 Å². The summed E-state index contributed by atoms with van der Waals surface area (Å²) in [6.07, 6.45) is 5.82. The number of aryl methyl sites for hydroxylation is 1. The Morgan fingerprint density at radius 3 is 2.44 bits per heavy atom. The summed E-state index contributed by atoms with van der Waals surface area (Å²) in [5.74, 6) is 1.02. The molecule has 2 aliphatic rings. The number of aliphatic hydroxyl groups excluding tert-OH is 1. The van der Waals surface area contributed by atoms with E-state index in [1.54, 1.807) is 31.5 Å². The Bertz CT molecular complexity index is 1480. The Labute approximate surface area is 279 Å². The fraction of sp³-hybridized carbons (Fsp3) is 0.412. The number of rotatable bonds is 15. The monoisotopic (exact) mass is 673 g/mol. The summed E-state index contributed by atoms with van der Waals surface area (Å²) in [5.41, 5.74) is 4.23. The van der Waals surface area contributed by atoms with Crippen molar-refractivity contribution in [2.75, 3.05) is 40.1 Å². The van der Waals surface area contributed by atoms with E-state index in [0.717, 1.165) is 48.1 Å². The lowest BCUT2D eigenvalue weighted by molar-refractivity contribution is -0.128. The van der Waals surface area contributed by atoms with Crippen molar-refractivity contribution in [3.05, 3.63) is 92.2 Å². The third kappa shape index (κ3) is 8.70. The van der Waals surface area contributed by atoms with Crippen LogP contribution in [0.15, 0.2) is 60.3 Å². The lowest BCUT2D eigenvalue weighted by Gasteiger charge is -2.33. The minimum absolute atomic E-state index is 0.0803. The molecule has 2 heterocycles. The second kappa shape index (κ2) is 16.1. The van der Waals surface area contributed by atoms with Crippen LogP contribution in [0, 0.1) is 0 Å². The first-order valence-electron chi connectivity index (χ1n) is 15.2. The largest absolute Gasteiger partial charge is 0.490 e. The van der Waals surface area contributed by atoms with Crippen molar-refractivity contribution in [1.82, 2.24) is 15.2 Å². The lowest BCUT2D eigenvalue weighted by atomic mass is 9.88. The second-order valence-electron chi connectivity index (χ2n) is 11.1. The Hall–Kier alpha value is -2.85. The van der Waals surface area contributed by atoms with Gasteiger partial charge in [-0.05, 0) is 85.7 Å². The van der Waals surface area contributed by atoms with Crippen LogP contribution in [0.5, 0.6) is 11.5 Å². The van der Waals surface area contributed by atoms with Crippen LogP contribution >= 0.6 is 34.8 Å². The molecule has 1 aliphatic heterocycles. The molecule has 1 fully saturated rings. The molecule has 5 rings (SSSR count). The molecule has 240 valence electrons. The number of benzene rings is 2. The van der Waals surface area contributed by atoms with E-state index in [1.165, 1.54) is 0 Å². The smallest absolute Gasteiger partial charge is 0.252 e. The Balaban J connectivity index is 1.31. The van der Waals surface area contributed by atoms with E-state index >= 15 is 0 Å². The van der Waals surface area contributed by atoms with Crippen LogP contribution in [0.4, 0.5) is 0 Å². The molecule has 1 aromatic heterocycles. The molecule has 1 amide bonds. The Kier molecular flexibility index (Phi) is 12.0. The molecule has 3 aromatic rings. The molecule has 0 spiro atoms. The number of amides is 1. The van der Waals surface area contributed by atoms with Crippen LogP contribution in [0.3, 0.4) is 0 Å². The first kappa shape index (κ1) is 33.5. The van der Waals surface area contributed by atoms with Crippen molar-refractivity contribution >= 4 is 46.3 Å². The summed E-state index contributed by atoms with van der Waals surface area (Å²) in [6.45, 7) is 2.07. The number of carbonyl (C=O) groups is 1. The van der Waals surface area contributed by atoms with Crippen molar-refractivity contribution < 1.29 is 24.1 Å². The van der Waals surface area contributed by atoms with Crippen LogP contribution < -0.4 is 14.8 Å². The first-order chi connectivity index (χ1) is 21.9. The van der Waals surface area contributed by atoms with Gasteiger partial charge in [-0.25, -0.2) is 0 Å². The second-order valence-corrected chi connectivity index (χ2v) is 12.4. The number of halogens is 3. The van der Waals surface area contributed by atoms with E-state index in [0.29, 0.717) is 64.9 Å². The van der Waals surface area contributed by atoms with E-state index in [4.69, 9.17) is 49.0 Å². The Morgan fingerprint density at radius 2 is 1.76 bits per heavy atom. The molecule has 8 nitrogen and oxygen atoms in total. The third-order valence-electron chi connectivity index (χ3n) is 7.93. The molecule has 1 unspecified atom stereocenters. The van der Waals surface area contributed by atoms with Gasteiger partial charge in [-0.1, -0.05) is 53.0 Å². The van der Waals surface area contributed by atoms with Gasteiger partial charge in [0.1, 0.15) is 19.0 Å². The van der Waals surface area contributed by atoms with E-state index in [1.807, 2.05) is 35.2 Å². The minimum Gasteiger partial charge on any atom is -0.490 e. The van der Waals surface area contributed by atoms with Gasteiger partial charge in [0.25, 0.3) is 5.91 Å². The average Bonchev–Trinajstić information content (AvgIpc) is 3.89. The summed E-state index contributed by atoms with van der Waals surface area (Å²) in [4.78, 5) is 20.7. The number of carbonyl (C=O) groups excluding carboxylic acids is 1. The quantitative estimate of drug-likeness (QED) is 0.181. The van der Waals surface area contributed by atoms with Gasteiger partial charge in [-0.15, -0.1) is 0 Å². The molecule has 0 bridgehead atoms. The van der Waals surface area contributed by atoms with Crippen molar-refractivity contribution in [3.63, 3.8) is 0 Å². The third-order valence-corrected chi connectivity index (χ3v) is 8.87. The summed E-state index contributed by atoms with van der Waals surface area (Å²) in [6, 6.07) is 14.5. The van der Waals surface area contributed by atoms with Gasteiger partial charge in [-0.3, -0.25) is 9.78 Å². The fourth-order valence-electron chi connectivity index (χ4n) is 5.50. The number of hydrogen-bond donors (Lipinski definition) is 2. The van der Waals surface area contributed by atoms with Crippen LogP contribution in [0.25, 0.3) is 5.57 Å². The topological polar surface area (TPSA) is 93.2 Å². The molecule has 1 aliphatic carbocycles. The lowest BCUT2D eigenvalue weighted by Crippen LogP contribution is -2.46. The maximum Gasteiger partial charge on any atom is 0.252 e. The average molecular weight is 675 g/mol. The predicted molar refractivity (Wildman–Crippen MR) is 177 cm³/mol. The SMILES string of the molecule is COCCCc1cc(CN(C(=O)C2=C(c3ccc(OCCOc4c(Cl)cccc4Cl)cc3)CCNC2CO)C2CC2)c(Cl)cn1. The summed E-state index contributed by atoms with van der Waals surface area (Å²) < 4.78 is 16.8. The summed E-state index contributed by atoms with van der Waals surface area (Å²) in [7, 11) is 1.68. The number of aliphatic hydroxyl groups is 1. The zero-order chi connectivity index (χ0) is 31.8.